The van der Waals surface area contributed by atoms with E-state index < -0.39 is 0 Å². The molecule has 78 valence electrons. The van der Waals surface area contributed by atoms with E-state index in [-0.39, 0.29) is 6.61 Å². The first kappa shape index (κ1) is 11.6. The van der Waals surface area contributed by atoms with Crippen molar-refractivity contribution in [2.45, 2.75) is 12.8 Å². The van der Waals surface area contributed by atoms with Crippen molar-refractivity contribution in [1.29, 1.82) is 0 Å². The largest absolute Gasteiger partial charge is 0.495 e. The van der Waals surface area contributed by atoms with Crippen LogP contribution in [0.1, 0.15) is 12.0 Å². The number of benzene rings is 1. The Morgan fingerprint density at radius 1 is 1.36 bits per heavy atom. The summed E-state index contributed by atoms with van der Waals surface area (Å²) in [5, 5.41) is 9.88. The standard InChI is InChI=1S/C10H12Cl2O2/c1-14-9-6-8(11)5-7(10(9)12)3-2-4-13/h5-6,13H,2-4H2,1H3. The maximum absolute atomic E-state index is 8.71. The van der Waals surface area contributed by atoms with Crippen LogP contribution in [0.2, 0.25) is 10.0 Å². The molecule has 0 amide bonds. The summed E-state index contributed by atoms with van der Waals surface area (Å²) in [4.78, 5) is 0. The zero-order chi connectivity index (χ0) is 10.6. The zero-order valence-electron chi connectivity index (χ0n) is 7.89. The van der Waals surface area contributed by atoms with Crippen LogP contribution in [0.3, 0.4) is 0 Å². The molecule has 0 aromatic heterocycles. The van der Waals surface area contributed by atoms with Gasteiger partial charge in [-0.25, -0.2) is 0 Å². The van der Waals surface area contributed by atoms with Gasteiger partial charge >= 0.3 is 0 Å². The highest BCUT2D eigenvalue weighted by Gasteiger charge is 2.08. The Hall–Kier alpha value is -0.440. The van der Waals surface area contributed by atoms with Gasteiger partial charge in [-0.3, -0.25) is 0 Å². The molecule has 0 fully saturated rings. The normalized spacial score (nSPS) is 10.3. The fourth-order valence-electron chi connectivity index (χ4n) is 1.22. The highest BCUT2D eigenvalue weighted by Crippen LogP contribution is 2.32. The smallest absolute Gasteiger partial charge is 0.139 e. The van der Waals surface area contributed by atoms with Gasteiger partial charge in [-0.15, -0.1) is 0 Å². The summed E-state index contributed by atoms with van der Waals surface area (Å²) >= 11 is 11.9. The minimum absolute atomic E-state index is 0.144. The van der Waals surface area contributed by atoms with Gasteiger partial charge in [0, 0.05) is 17.7 Å². The first-order valence-corrected chi connectivity index (χ1v) is 5.07. The Morgan fingerprint density at radius 3 is 2.64 bits per heavy atom. The minimum atomic E-state index is 0.144. The first-order chi connectivity index (χ1) is 6.69. The molecular weight excluding hydrogens is 223 g/mol. The SMILES string of the molecule is COc1cc(Cl)cc(CCCO)c1Cl. The van der Waals surface area contributed by atoms with Gasteiger partial charge in [-0.1, -0.05) is 23.2 Å². The van der Waals surface area contributed by atoms with Crippen LogP contribution >= 0.6 is 23.2 Å². The molecule has 1 rings (SSSR count). The average molecular weight is 235 g/mol. The van der Waals surface area contributed by atoms with E-state index in [0.29, 0.717) is 28.6 Å². The van der Waals surface area contributed by atoms with Gasteiger partial charge in [0.2, 0.25) is 0 Å². The number of aliphatic hydroxyl groups is 1. The Morgan fingerprint density at radius 2 is 2.07 bits per heavy atom. The van der Waals surface area contributed by atoms with Crippen molar-refractivity contribution in [3.05, 3.63) is 27.7 Å². The summed E-state index contributed by atoms with van der Waals surface area (Å²) < 4.78 is 5.07. The van der Waals surface area contributed by atoms with Crippen molar-refractivity contribution in [3.8, 4) is 5.75 Å². The summed E-state index contributed by atoms with van der Waals surface area (Å²) in [5.41, 5.74) is 0.907. The lowest BCUT2D eigenvalue weighted by Gasteiger charge is -2.08. The monoisotopic (exact) mass is 234 g/mol. The number of rotatable bonds is 4. The number of hydrogen-bond acceptors (Lipinski definition) is 2. The molecule has 2 nitrogen and oxygen atoms in total. The maximum Gasteiger partial charge on any atom is 0.139 e. The number of aryl methyl sites for hydroxylation is 1. The third-order valence-electron chi connectivity index (χ3n) is 1.90. The van der Waals surface area contributed by atoms with Crippen molar-refractivity contribution in [1.82, 2.24) is 0 Å². The molecule has 0 aliphatic heterocycles. The molecule has 4 heteroatoms. The molecule has 0 unspecified atom stereocenters. The molecule has 1 N–H and O–H groups in total. The van der Waals surface area contributed by atoms with E-state index in [2.05, 4.69) is 0 Å². The highest BCUT2D eigenvalue weighted by molar-refractivity contribution is 6.34. The van der Waals surface area contributed by atoms with Crippen molar-refractivity contribution in [3.63, 3.8) is 0 Å². The Labute approximate surface area is 93.4 Å². The Kier molecular flexibility index (Phi) is 4.52. The minimum Gasteiger partial charge on any atom is -0.495 e. The van der Waals surface area contributed by atoms with Crippen LogP contribution in [0.25, 0.3) is 0 Å². The lowest BCUT2D eigenvalue weighted by Crippen LogP contribution is -1.93. The van der Waals surface area contributed by atoms with Crippen LogP contribution in [0.4, 0.5) is 0 Å². The quantitative estimate of drug-likeness (QED) is 0.869. The van der Waals surface area contributed by atoms with Gasteiger partial charge < -0.3 is 9.84 Å². The molecule has 14 heavy (non-hydrogen) atoms. The number of methoxy groups -OCH3 is 1. The van der Waals surface area contributed by atoms with Gasteiger partial charge in [0.15, 0.2) is 0 Å². The lowest BCUT2D eigenvalue weighted by molar-refractivity contribution is 0.288. The predicted octanol–water partition coefficient (Wildman–Crippen LogP) is 2.93. The molecule has 0 heterocycles. The Bertz CT molecular complexity index is 313. The molecule has 0 saturated heterocycles. The Balaban J connectivity index is 2.96. The van der Waals surface area contributed by atoms with Crippen LogP contribution in [0, 0.1) is 0 Å². The molecule has 0 aliphatic rings. The van der Waals surface area contributed by atoms with E-state index >= 15 is 0 Å². The number of hydrogen-bond donors (Lipinski definition) is 1. The summed E-state index contributed by atoms with van der Waals surface area (Å²) in [5.74, 6) is 0.576. The van der Waals surface area contributed by atoms with Gasteiger partial charge in [-0.2, -0.15) is 0 Å². The van der Waals surface area contributed by atoms with Crippen LogP contribution in [-0.2, 0) is 6.42 Å². The zero-order valence-corrected chi connectivity index (χ0v) is 9.40. The molecule has 0 bridgehead atoms. The van der Waals surface area contributed by atoms with E-state index in [0.717, 1.165) is 5.56 Å². The van der Waals surface area contributed by atoms with Crippen LogP contribution in [-0.4, -0.2) is 18.8 Å². The summed E-state index contributed by atoms with van der Waals surface area (Å²) in [6.07, 6.45) is 1.37. The summed E-state index contributed by atoms with van der Waals surface area (Å²) in [6.45, 7) is 0.144. The van der Waals surface area contributed by atoms with E-state index in [1.165, 1.54) is 0 Å². The van der Waals surface area contributed by atoms with Crippen molar-refractivity contribution < 1.29 is 9.84 Å². The molecule has 0 radical (unpaired) electrons. The molecule has 0 atom stereocenters. The van der Waals surface area contributed by atoms with Gasteiger partial charge in [0.1, 0.15) is 5.75 Å². The van der Waals surface area contributed by atoms with E-state index in [9.17, 15) is 0 Å². The van der Waals surface area contributed by atoms with Crippen molar-refractivity contribution in [2.24, 2.45) is 0 Å². The highest BCUT2D eigenvalue weighted by atomic mass is 35.5. The lowest BCUT2D eigenvalue weighted by atomic mass is 10.1. The van der Waals surface area contributed by atoms with Crippen molar-refractivity contribution >= 4 is 23.2 Å². The summed E-state index contributed by atoms with van der Waals surface area (Å²) in [6, 6.07) is 3.47. The second-order valence-corrected chi connectivity index (χ2v) is 3.72. The van der Waals surface area contributed by atoms with Gasteiger partial charge in [-0.05, 0) is 24.5 Å². The van der Waals surface area contributed by atoms with Crippen LogP contribution in [0.5, 0.6) is 5.75 Å². The van der Waals surface area contributed by atoms with Crippen molar-refractivity contribution in [2.75, 3.05) is 13.7 Å². The molecule has 0 spiro atoms. The number of halogens is 2. The third kappa shape index (κ3) is 2.77. The number of aliphatic hydroxyl groups excluding tert-OH is 1. The fourth-order valence-corrected chi connectivity index (χ4v) is 1.73. The molecule has 1 aromatic rings. The third-order valence-corrected chi connectivity index (χ3v) is 2.55. The topological polar surface area (TPSA) is 29.5 Å². The first-order valence-electron chi connectivity index (χ1n) is 4.31. The van der Waals surface area contributed by atoms with Gasteiger partial charge in [0.05, 0.1) is 12.1 Å². The van der Waals surface area contributed by atoms with Gasteiger partial charge in [0.25, 0.3) is 0 Å². The number of ether oxygens (including phenoxy) is 1. The molecular formula is C10H12Cl2O2. The maximum atomic E-state index is 8.71. The van der Waals surface area contributed by atoms with Crippen LogP contribution < -0.4 is 4.74 Å². The van der Waals surface area contributed by atoms with E-state index in [1.807, 2.05) is 0 Å². The predicted molar refractivity (Wildman–Crippen MR) is 58.4 cm³/mol. The molecule has 0 aliphatic carbocycles. The second-order valence-electron chi connectivity index (χ2n) is 2.91. The fraction of sp³-hybridized carbons (Fsp3) is 0.400. The summed E-state index contributed by atoms with van der Waals surface area (Å²) in [7, 11) is 1.55. The van der Waals surface area contributed by atoms with E-state index in [4.69, 9.17) is 33.0 Å². The average Bonchev–Trinajstić information content (AvgIpc) is 2.18. The van der Waals surface area contributed by atoms with E-state index in [1.54, 1.807) is 19.2 Å². The van der Waals surface area contributed by atoms with Crippen LogP contribution in [0.15, 0.2) is 12.1 Å². The molecule has 1 aromatic carbocycles. The second kappa shape index (κ2) is 5.44. The molecule has 0 saturated carbocycles.